The molecule has 6 nitrogen and oxygen atoms in total. The Morgan fingerprint density at radius 2 is 1.95 bits per heavy atom. The zero-order valence-electron chi connectivity index (χ0n) is 11.6. The van der Waals surface area contributed by atoms with E-state index >= 15 is 0 Å². The molecule has 20 heavy (non-hydrogen) atoms. The average Bonchev–Trinajstić information content (AvgIpc) is 2.73. The van der Waals surface area contributed by atoms with Gasteiger partial charge in [0, 0.05) is 12.4 Å². The summed E-state index contributed by atoms with van der Waals surface area (Å²) in [5, 5.41) is 16.5. The van der Waals surface area contributed by atoms with Crippen LogP contribution in [-0.4, -0.2) is 32.8 Å². The molecule has 1 aromatic heterocycles. The van der Waals surface area contributed by atoms with Crippen LogP contribution in [0.2, 0.25) is 0 Å². The van der Waals surface area contributed by atoms with Crippen LogP contribution in [0.25, 0.3) is 10.9 Å². The maximum atomic E-state index is 12.2. The first-order valence-corrected chi connectivity index (χ1v) is 6.37. The Kier molecular flexibility index (Phi) is 3.74. The highest BCUT2D eigenvalue weighted by molar-refractivity contribution is 6.05. The van der Waals surface area contributed by atoms with Crippen LogP contribution in [-0.2, 0) is 11.8 Å². The number of aromatic nitrogens is 2. The Morgan fingerprint density at radius 3 is 2.55 bits per heavy atom. The van der Waals surface area contributed by atoms with Gasteiger partial charge in [0.2, 0.25) is 0 Å². The van der Waals surface area contributed by atoms with E-state index < -0.39 is 17.9 Å². The van der Waals surface area contributed by atoms with E-state index in [9.17, 15) is 9.59 Å². The lowest BCUT2D eigenvalue weighted by molar-refractivity contribution is -0.140. The fourth-order valence-corrected chi connectivity index (χ4v) is 2.10. The predicted octanol–water partition coefficient (Wildman–Crippen LogP) is 1.41. The van der Waals surface area contributed by atoms with Crippen molar-refractivity contribution in [3.63, 3.8) is 0 Å². The van der Waals surface area contributed by atoms with Gasteiger partial charge in [-0.2, -0.15) is 5.10 Å². The van der Waals surface area contributed by atoms with Gasteiger partial charge in [-0.15, -0.1) is 0 Å². The van der Waals surface area contributed by atoms with Gasteiger partial charge in [0.1, 0.15) is 6.04 Å². The molecule has 1 heterocycles. The number of nitrogens with zero attached hydrogens (tertiary/aromatic N) is 2. The van der Waals surface area contributed by atoms with Crippen molar-refractivity contribution >= 4 is 22.8 Å². The van der Waals surface area contributed by atoms with Crippen LogP contribution in [0.1, 0.15) is 24.3 Å². The summed E-state index contributed by atoms with van der Waals surface area (Å²) in [5.74, 6) is -1.72. The van der Waals surface area contributed by atoms with Crippen molar-refractivity contribution in [1.29, 1.82) is 0 Å². The van der Waals surface area contributed by atoms with Crippen LogP contribution >= 0.6 is 0 Å². The average molecular weight is 275 g/mol. The van der Waals surface area contributed by atoms with E-state index in [1.165, 1.54) is 0 Å². The summed E-state index contributed by atoms with van der Waals surface area (Å²) < 4.78 is 1.61. The molecule has 2 N–H and O–H groups in total. The van der Waals surface area contributed by atoms with Gasteiger partial charge in [0.05, 0.1) is 5.52 Å². The van der Waals surface area contributed by atoms with Gasteiger partial charge in [-0.05, 0) is 12.0 Å². The van der Waals surface area contributed by atoms with Crippen LogP contribution in [0.5, 0.6) is 0 Å². The highest BCUT2D eigenvalue weighted by atomic mass is 16.4. The molecule has 0 aliphatic heterocycles. The Labute approximate surface area is 116 Å². The van der Waals surface area contributed by atoms with Gasteiger partial charge >= 0.3 is 5.97 Å². The number of nitrogens with one attached hydrogen (secondary N) is 1. The Morgan fingerprint density at radius 1 is 1.30 bits per heavy atom. The second-order valence-corrected chi connectivity index (χ2v) is 5.02. The second-order valence-electron chi connectivity index (χ2n) is 5.02. The first-order valence-electron chi connectivity index (χ1n) is 6.37. The molecule has 2 rings (SSSR count). The molecule has 0 unspecified atom stereocenters. The lowest BCUT2D eigenvalue weighted by atomic mass is 10.0. The second kappa shape index (κ2) is 5.32. The maximum absolute atomic E-state index is 12.2. The quantitative estimate of drug-likeness (QED) is 0.883. The van der Waals surface area contributed by atoms with Crippen molar-refractivity contribution < 1.29 is 14.7 Å². The monoisotopic (exact) mass is 275 g/mol. The summed E-state index contributed by atoms with van der Waals surface area (Å²) in [6, 6.07) is 6.40. The smallest absolute Gasteiger partial charge is 0.326 e. The highest BCUT2D eigenvalue weighted by Crippen LogP contribution is 2.17. The largest absolute Gasteiger partial charge is 0.480 e. The molecule has 6 heteroatoms. The van der Waals surface area contributed by atoms with Gasteiger partial charge in [-0.25, -0.2) is 4.79 Å². The number of aliphatic carboxylic acids is 1. The van der Waals surface area contributed by atoms with E-state index in [1.54, 1.807) is 31.6 Å². The fourth-order valence-electron chi connectivity index (χ4n) is 2.10. The molecule has 0 spiro atoms. The molecule has 0 fully saturated rings. The Hall–Kier alpha value is -2.37. The van der Waals surface area contributed by atoms with Crippen molar-refractivity contribution in [3.8, 4) is 0 Å². The lowest BCUT2D eigenvalue weighted by Crippen LogP contribution is -2.44. The van der Waals surface area contributed by atoms with Gasteiger partial charge in [-0.3, -0.25) is 9.48 Å². The third-order valence-corrected chi connectivity index (χ3v) is 3.19. The van der Waals surface area contributed by atoms with Gasteiger partial charge in [0.25, 0.3) is 5.91 Å². The minimum Gasteiger partial charge on any atom is -0.480 e. The molecule has 2 aromatic rings. The van der Waals surface area contributed by atoms with E-state index in [4.69, 9.17) is 5.11 Å². The summed E-state index contributed by atoms with van der Waals surface area (Å²) in [7, 11) is 1.75. The minimum absolute atomic E-state index is 0.202. The molecular formula is C14H17N3O3. The SMILES string of the molecule is CC(C)[C@H](NC(=O)c1nn(C)c2ccccc12)C(=O)O. The number of para-hydroxylation sites is 1. The number of amides is 1. The maximum Gasteiger partial charge on any atom is 0.326 e. The highest BCUT2D eigenvalue weighted by Gasteiger charge is 2.26. The van der Waals surface area contributed by atoms with Crippen molar-refractivity contribution in [3.05, 3.63) is 30.0 Å². The van der Waals surface area contributed by atoms with Gasteiger partial charge in [-0.1, -0.05) is 32.0 Å². The molecule has 0 aliphatic carbocycles. The third kappa shape index (κ3) is 2.49. The third-order valence-electron chi connectivity index (χ3n) is 3.19. The van der Waals surface area contributed by atoms with Gasteiger partial charge in [0.15, 0.2) is 5.69 Å². The minimum atomic E-state index is -1.05. The summed E-state index contributed by atoms with van der Waals surface area (Å²) in [4.78, 5) is 23.4. The Balaban J connectivity index is 2.34. The van der Waals surface area contributed by atoms with Crippen LogP contribution in [0.15, 0.2) is 24.3 Å². The number of fused-ring (bicyclic) bond motifs is 1. The Bertz CT molecular complexity index is 661. The molecule has 0 radical (unpaired) electrons. The number of carbonyl (C=O) groups is 2. The van der Waals surface area contributed by atoms with Crippen molar-refractivity contribution in [1.82, 2.24) is 15.1 Å². The van der Waals surface area contributed by atoms with Crippen molar-refractivity contribution in [2.45, 2.75) is 19.9 Å². The van der Waals surface area contributed by atoms with Crippen LogP contribution in [0.4, 0.5) is 0 Å². The summed E-state index contributed by atoms with van der Waals surface area (Å²) in [6.07, 6.45) is 0. The van der Waals surface area contributed by atoms with E-state index in [2.05, 4.69) is 10.4 Å². The first-order chi connectivity index (χ1) is 9.41. The summed E-state index contributed by atoms with van der Waals surface area (Å²) >= 11 is 0. The van der Waals surface area contributed by atoms with Gasteiger partial charge < -0.3 is 10.4 Å². The predicted molar refractivity (Wildman–Crippen MR) is 74.4 cm³/mol. The molecule has 1 amide bonds. The zero-order valence-corrected chi connectivity index (χ0v) is 11.6. The first kappa shape index (κ1) is 14.0. The number of aryl methyl sites for hydroxylation is 1. The molecule has 0 saturated carbocycles. The zero-order chi connectivity index (χ0) is 14.9. The fraction of sp³-hybridized carbons (Fsp3) is 0.357. The standard InChI is InChI=1S/C14H17N3O3/c1-8(2)11(14(19)20)15-13(18)12-9-6-4-5-7-10(9)17(3)16-12/h4-8,11H,1-3H3,(H,15,18)(H,19,20)/t11-/m0/s1. The van der Waals surface area contributed by atoms with Crippen LogP contribution in [0, 0.1) is 5.92 Å². The number of hydrogen-bond donors (Lipinski definition) is 2. The molecule has 1 atom stereocenters. The van der Waals surface area contributed by atoms with E-state index in [-0.39, 0.29) is 11.6 Å². The summed E-state index contributed by atoms with van der Waals surface area (Å²) in [6.45, 7) is 3.49. The van der Waals surface area contributed by atoms with E-state index in [0.717, 1.165) is 5.52 Å². The lowest BCUT2D eigenvalue weighted by Gasteiger charge is -2.17. The number of carboxylic acid groups (broad SMARTS) is 1. The number of benzene rings is 1. The molecule has 0 bridgehead atoms. The van der Waals surface area contributed by atoms with Crippen molar-refractivity contribution in [2.24, 2.45) is 13.0 Å². The normalized spacial score (nSPS) is 12.6. The number of hydrogen-bond acceptors (Lipinski definition) is 3. The van der Waals surface area contributed by atoms with Crippen LogP contribution in [0.3, 0.4) is 0 Å². The molecule has 0 aliphatic rings. The van der Waals surface area contributed by atoms with E-state index in [1.807, 2.05) is 18.2 Å². The number of rotatable bonds is 4. The van der Waals surface area contributed by atoms with E-state index in [0.29, 0.717) is 5.39 Å². The van der Waals surface area contributed by atoms with Crippen molar-refractivity contribution in [2.75, 3.05) is 0 Å². The molecule has 1 aromatic carbocycles. The van der Waals surface area contributed by atoms with Crippen LogP contribution < -0.4 is 5.32 Å². The molecule has 106 valence electrons. The number of carbonyl (C=O) groups excluding carboxylic acids is 1. The molecular weight excluding hydrogens is 258 g/mol. The topological polar surface area (TPSA) is 84.2 Å². The number of carboxylic acids is 1. The summed E-state index contributed by atoms with van der Waals surface area (Å²) in [5.41, 5.74) is 1.07. The molecule has 0 saturated heterocycles.